The summed E-state index contributed by atoms with van der Waals surface area (Å²) in [6.07, 6.45) is 9.73. The van der Waals surface area contributed by atoms with Gasteiger partial charge in [0.25, 0.3) is 0 Å². The molecule has 1 saturated carbocycles. The lowest BCUT2D eigenvalue weighted by Crippen LogP contribution is -2.19. The molecule has 2 nitrogen and oxygen atoms in total. The van der Waals surface area contributed by atoms with Gasteiger partial charge in [-0.15, -0.1) is 0 Å². The molecule has 1 aromatic carbocycles. The molecule has 1 aliphatic rings. The molecular weight excluding hydrogens is 258 g/mol. The Morgan fingerprint density at radius 2 is 2.00 bits per heavy atom. The largest absolute Gasteiger partial charge is 0.494 e. The van der Waals surface area contributed by atoms with Gasteiger partial charge in [-0.25, -0.2) is 0 Å². The van der Waals surface area contributed by atoms with Crippen LogP contribution in [0.4, 0.5) is 0 Å². The van der Waals surface area contributed by atoms with E-state index in [2.05, 4.69) is 44.4 Å². The van der Waals surface area contributed by atoms with Gasteiger partial charge in [-0.05, 0) is 45.7 Å². The van der Waals surface area contributed by atoms with E-state index in [1.54, 1.807) is 0 Å². The van der Waals surface area contributed by atoms with Crippen LogP contribution < -0.4 is 10.1 Å². The normalized spacial score (nSPS) is 17.7. The summed E-state index contributed by atoms with van der Waals surface area (Å²) in [4.78, 5) is 0. The molecule has 1 fully saturated rings. The molecule has 0 heterocycles. The smallest absolute Gasteiger partial charge is 0.124 e. The van der Waals surface area contributed by atoms with Crippen LogP contribution in [0.15, 0.2) is 18.2 Å². The molecule has 0 spiro atoms. The Hall–Kier alpha value is -1.02. The SMILES string of the molecule is CCOc1ccc(C)cc1C(CCC1CCCCC1)NC. The van der Waals surface area contributed by atoms with E-state index in [0.717, 1.165) is 18.3 Å². The van der Waals surface area contributed by atoms with E-state index in [0.29, 0.717) is 6.04 Å². The number of hydrogen-bond donors (Lipinski definition) is 1. The molecule has 0 bridgehead atoms. The van der Waals surface area contributed by atoms with Crippen LogP contribution in [0.5, 0.6) is 5.75 Å². The minimum Gasteiger partial charge on any atom is -0.494 e. The van der Waals surface area contributed by atoms with Gasteiger partial charge in [0.05, 0.1) is 6.61 Å². The van der Waals surface area contributed by atoms with Crippen LogP contribution in [0.1, 0.15) is 69.0 Å². The van der Waals surface area contributed by atoms with E-state index < -0.39 is 0 Å². The summed E-state index contributed by atoms with van der Waals surface area (Å²) >= 11 is 0. The summed E-state index contributed by atoms with van der Waals surface area (Å²) in [7, 11) is 2.07. The maximum Gasteiger partial charge on any atom is 0.124 e. The standard InChI is InChI=1S/C19H31NO/c1-4-21-19-13-10-15(2)14-17(19)18(20-3)12-11-16-8-6-5-7-9-16/h10,13-14,16,18,20H,4-9,11-12H2,1-3H3. The molecule has 1 atom stereocenters. The van der Waals surface area contributed by atoms with Crippen LogP contribution in [0.25, 0.3) is 0 Å². The molecule has 0 amide bonds. The van der Waals surface area contributed by atoms with Crippen molar-refractivity contribution >= 4 is 0 Å². The van der Waals surface area contributed by atoms with Crippen LogP contribution in [-0.4, -0.2) is 13.7 Å². The first-order chi connectivity index (χ1) is 10.2. The Morgan fingerprint density at radius 1 is 1.24 bits per heavy atom. The fourth-order valence-electron chi connectivity index (χ4n) is 3.56. The summed E-state index contributed by atoms with van der Waals surface area (Å²) in [5.74, 6) is 1.99. The van der Waals surface area contributed by atoms with Gasteiger partial charge in [-0.2, -0.15) is 0 Å². The van der Waals surface area contributed by atoms with E-state index in [1.165, 1.54) is 56.1 Å². The van der Waals surface area contributed by atoms with Crippen molar-refractivity contribution in [2.24, 2.45) is 5.92 Å². The monoisotopic (exact) mass is 289 g/mol. The molecule has 0 aliphatic heterocycles. The molecule has 21 heavy (non-hydrogen) atoms. The average Bonchev–Trinajstić information content (AvgIpc) is 2.51. The molecule has 0 aromatic heterocycles. The highest BCUT2D eigenvalue weighted by Gasteiger charge is 2.19. The highest BCUT2D eigenvalue weighted by atomic mass is 16.5. The highest BCUT2D eigenvalue weighted by Crippen LogP contribution is 2.33. The lowest BCUT2D eigenvalue weighted by atomic mass is 9.84. The molecule has 0 radical (unpaired) electrons. The second kappa shape index (κ2) is 8.43. The number of benzene rings is 1. The Morgan fingerprint density at radius 3 is 2.67 bits per heavy atom. The van der Waals surface area contributed by atoms with Gasteiger partial charge < -0.3 is 10.1 Å². The van der Waals surface area contributed by atoms with E-state index in [9.17, 15) is 0 Å². The zero-order valence-corrected chi connectivity index (χ0v) is 14.0. The number of nitrogens with one attached hydrogen (secondary N) is 1. The minimum absolute atomic E-state index is 0.411. The van der Waals surface area contributed by atoms with E-state index in [-0.39, 0.29) is 0 Å². The van der Waals surface area contributed by atoms with Gasteiger partial charge in [0.1, 0.15) is 5.75 Å². The Labute approximate surface area is 130 Å². The van der Waals surface area contributed by atoms with Crippen molar-refractivity contribution in [3.05, 3.63) is 29.3 Å². The van der Waals surface area contributed by atoms with Crippen LogP contribution in [-0.2, 0) is 0 Å². The third kappa shape index (κ3) is 4.74. The van der Waals surface area contributed by atoms with Gasteiger partial charge in [0, 0.05) is 11.6 Å². The van der Waals surface area contributed by atoms with Crippen molar-refractivity contribution in [3.8, 4) is 5.75 Å². The zero-order valence-electron chi connectivity index (χ0n) is 14.0. The Kier molecular flexibility index (Phi) is 6.56. The van der Waals surface area contributed by atoms with Crippen molar-refractivity contribution in [1.82, 2.24) is 5.32 Å². The summed E-state index contributed by atoms with van der Waals surface area (Å²) in [6, 6.07) is 6.96. The lowest BCUT2D eigenvalue weighted by molar-refractivity contribution is 0.308. The van der Waals surface area contributed by atoms with Crippen LogP contribution >= 0.6 is 0 Å². The highest BCUT2D eigenvalue weighted by molar-refractivity contribution is 5.39. The first kappa shape index (κ1) is 16.4. The predicted octanol–water partition coefficient (Wildman–Crippen LogP) is 5.01. The number of aryl methyl sites for hydroxylation is 1. The second-order valence-electron chi connectivity index (χ2n) is 6.40. The van der Waals surface area contributed by atoms with E-state index in [1.807, 2.05) is 0 Å². The van der Waals surface area contributed by atoms with E-state index in [4.69, 9.17) is 4.74 Å². The average molecular weight is 289 g/mol. The Bertz CT molecular complexity index is 424. The van der Waals surface area contributed by atoms with Crippen molar-refractivity contribution in [3.63, 3.8) is 0 Å². The molecule has 1 aliphatic carbocycles. The summed E-state index contributed by atoms with van der Waals surface area (Å²) in [6.45, 7) is 4.95. The number of hydrogen-bond acceptors (Lipinski definition) is 2. The molecule has 118 valence electrons. The molecule has 2 rings (SSSR count). The zero-order chi connectivity index (χ0) is 15.1. The predicted molar refractivity (Wildman–Crippen MR) is 90.0 cm³/mol. The third-order valence-corrected chi connectivity index (χ3v) is 4.78. The maximum absolute atomic E-state index is 5.83. The molecular formula is C19H31NO. The number of rotatable bonds is 7. The quantitative estimate of drug-likeness (QED) is 0.761. The van der Waals surface area contributed by atoms with Gasteiger partial charge in [0.2, 0.25) is 0 Å². The molecule has 2 heteroatoms. The van der Waals surface area contributed by atoms with Crippen molar-refractivity contribution < 1.29 is 4.74 Å². The van der Waals surface area contributed by atoms with Crippen LogP contribution in [0, 0.1) is 12.8 Å². The van der Waals surface area contributed by atoms with E-state index >= 15 is 0 Å². The molecule has 1 aromatic rings. The van der Waals surface area contributed by atoms with Gasteiger partial charge in [-0.1, -0.05) is 49.8 Å². The van der Waals surface area contributed by atoms with Crippen LogP contribution in [0.2, 0.25) is 0 Å². The molecule has 1 N–H and O–H groups in total. The van der Waals surface area contributed by atoms with Crippen LogP contribution in [0.3, 0.4) is 0 Å². The van der Waals surface area contributed by atoms with Crippen molar-refractivity contribution in [1.29, 1.82) is 0 Å². The third-order valence-electron chi connectivity index (χ3n) is 4.78. The summed E-state index contributed by atoms with van der Waals surface area (Å²) in [5.41, 5.74) is 2.64. The first-order valence-corrected chi connectivity index (χ1v) is 8.65. The van der Waals surface area contributed by atoms with Gasteiger partial charge in [0.15, 0.2) is 0 Å². The first-order valence-electron chi connectivity index (χ1n) is 8.65. The summed E-state index contributed by atoms with van der Waals surface area (Å²) < 4.78 is 5.83. The Balaban J connectivity index is 2.03. The lowest BCUT2D eigenvalue weighted by Gasteiger charge is -2.25. The molecule has 0 saturated heterocycles. The van der Waals surface area contributed by atoms with Crippen molar-refractivity contribution in [2.45, 2.75) is 64.8 Å². The topological polar surface area (TPSA) is 21.3 Å². The summed E-state index contributed by atoms with van der Waals surface area (Å²) in [5, 5.41) is 3.50. The minimum atomic E-state index is 0.411. The maximum atomic E-state index is 5.83. The van der Waals surface area contributed by atoms with Gasteiger partial charge >= 0.3 is 0 Å². The van der Waals surface area contributed by atoms with Gasteiger partial charge in [-0.3, -0.25) is 0 Å². The fraction of sp³-hybridized carbons (Fsp3) is 0.684. The fourth-order valence-corrected chi connectivity index (χ4v) is 3.56. The number of ether oxygens (including phenoxy) is 1. The second-order valence-corrected chi connectivity index (χ2v) is 6.40. The molecule has 1 unspecified atom stereocenters. The van der Waals surface area contributed by atoms with Crippen molar-refractivity contribution in [2.75, 3.05) is 13.7 Å².